The summed E-state index contributed by atoms with van der Waals surface area (Å²) in [6.07, 6.45) is 1.08. The van der Waals surface area contributed by atoms with E-state index < -0.39 is 5.41 Å². The van der Waals surface area contributed by atoms with Crippen LogP contribution in [0.2, 0.25) is 5.02 Å². The van der Waals surface area contributed by atoms with Gasteiger partial charge in [-0.2, -0.15) is 0 Å². The molecule has 2 rings (SSSR count). The summed E-state index contributed by atoms with van der Waals surface area (Å²) < 4.78 is 10.4. The van der Waals surface area contributed by atoms with Gasteiger partial charge >= 0.3 is 0 Å². The Morgan fingerprint density at radius 1 is 1.17 bits per heavy atom. The largest absolute Gasteiger partial charge is 0.495 e. The molecule has 24 heavy (non-hydrogen) atoms. The molecule has 1 aliphatic rings. The molecule has 0 aliphatic heterocycles. The monoisotopic (exact) mass is 354 g/mol. The van der Waals surface area contributed by atoms with E-state index in [9.17, 15) is 9.59 Å². The van der Waals surface area contributed by atoms with Crippen LogP contribution in [0.25, 0.3) is 0 Å². The Hall–Kier alpha value is -1.95. The summed E-state index contributed by atoms with van der Waals surface area (Å²) in [5.41, 5.74) is -0.570. The van der Waals surface area contributed by atoms with Crippen molar-refractivity contribution in [2.45, 2.75) is 26.7 Å². The Labute approximate surface area is 146 Å². The minimum absolute atomic E-state index is 0.228. The van der Waals surface area contributed by atoms with Gasteiger partial charge in [0, 0.05) is 18.7 Å². The standard InChI is InChI=1S/C17H23ClN2O4/c1-10(2)9-19-15(21)17(5-6-17)16(22)20-12-8-13(23-3)11(18)7-14(12)24-4/h7-8,10H,5-6,9H2,1-4H3,(H,19,21)(H,20,22). The number of hydrogen-bond acceptors (Lipinski definition) is 4. The van der Waals surface area contributed by atoms with Crippen LogP contribution >= 0.6 is 11.6 Å². The predicted octanol–water partition coefficient (Wildman–Crippen LogP) is 2.85. The molecule has 6 nitrogen and oxygen atoms in total. The van der Waals surface area contributed by atoms with Crippen molar-refractivity contribution in [3.05, 3.63) is 17.2 Å². The molecule has 132 valence electrons. The van der Waals surface area contributed by atoms with Crippen LogP contribution in [0, 0.1) is 11.3 Å². The molecule has 1 saturated carbocycles. The van der Waals surface area contributed by atoms with E-state index in [1.807, 2.05) is 13.8 Å². The summed E-state index contributed by atoms with van der Waals surface area (Å²) in [7, 11) is 2.97. The predicted molar refractivity (Wildman–Crippen MR) is 92.7 cm³/mol. The third kappa shape index (κ3) is 3.75. The maximum absolute atomic E-state index is 12.6. The lowest BCUT2D eigenvalue weighted by molar-refractivity contribution is -0.134. The van der Waals surface area contributed by atoms with E-state index in [-0.39, 0.29) is 11.8 Å². The van der Waals surface area contributed by atoms with Gasteiger partial charge in [-0.25, -0.2) is 0 Å². The van der Waals surface area contributed by atoms with Crippen molar-refractivity contribution >= 4 is 29.1 Å². The first kappa shape index (κ1) is 18.4. The van der Waals surface area contributed by atoms with Crippen molar-refractivity contribution in [2.75, 3.05) is 26.1 Å². The summed E-state index contributed by atoms with van der Waals surface area (Å²) in [4.78, 5) is 25.0. The summed E-state index contributed by atoms with van der Waals surface area (Å²) in [6, 6.07) is 3.15. The smallest absolute Gasteiger partial charge is 0.240 e. The molecule has 0 radical (unpaired) electrons. The molecule has 1 aliphatic carbocycles. The van der Waals surface area contributed by atoms with Crippen molar-refractivity contribution in [1.29, 1.82) is 0 Å². The SMILES string of the molecule is COc1cc(NC(=O)C2(C(=O)NCC(C)C)CC2)c(OC)cc1Cl. The Kier molecular flexibility index (Phi) is 5.59. The first-order valence-electron chi connectivity index (χ1n) is 7.85. The maximum Gasteiger partial charge on any atom is 0.240 e. The lowest BCUT2D eigenvalue weighted by Gasteiger charge is -2.18. The van der Waals surface area contributed by atoms with E-state index in [4.69, 9.17) is 21.1 Å². The lowest BCUT2D eigenvalue weighted by atomic mass is 10.0. The molecule has 1 fully saturated rings. The van der Waals surface area contributed by atoms with Gasteiger partial charge in [-0.15, -0.1) is 0 Å². The van der Waals surface area contributed by atoms with Crippen LogP contribution in [0.3, 0.4) is 0 Å². The van der Waals surface area contributed by atoms with Crippen molar-refractivity contribution in [3.63, 3.8) is 0 Å². The van der Waals surface area contributed by atoms with Crippen LogP contribution in [0.5, 0.6) is 11.5 Å². The number of anilines is 1. The Morgan fingerprint density at radius 3 is 2.29 bits per heavy atom. The van der Waals surface area contributed by atoms with E-state index in [0.717, 1.165) is 0 Å². The normalized spacial score (nSPS) is 14.9. The van der Waals surface area contributed by atoms with E-state index in [1.54, 1.807) is 12.1 Å². The average molecular weight is 355 g/mol. The van der Waals surface area contributed by atoms with Crippen LogP contribution in [-0.4, -0.2) is 32.6 Å². The minimum atomic E-state index is -0.993. The molecule has 2 N–H and O–H groups in total. The summed E-state index contributed by atoms with van der Waals surface area (Å²) >= 11 is 6.06. The molecule has 1 aromatic rings. The molecule has 1 aromatic carbocycles. The van der Waals surface area contributed by atoms with Crippen LogP contribution in [0.4, 0.5) is 5.69 Å². The topological polar surface area (TPSA) is 76.7 Å². The fraction of sp³-hybridized carbons (Fsp3) is 0.529. The van der Waals surface area contributed by atoms with Gasteiger partial charge < -0.3 is 20.1 Å². The highest BCUT2D eigenvalue weighted by Crippen LogP contribution is 2.47. The number of nitrogens with one attached hydrogen (secondary N) is 2. The average Bonchev–Trinajstić information content (AvgIpc) is 3.35. The number of benzene rings is 1. The van der Waals surface area contributed by atoms with E-state index >= 15 is 0 Å². The third-order valence-corrected chi connectivity index (χ3v) is 4.31. The van der Waals surface area contributed by atoms with Crippen LogP contribution in [0.15, 0.2) is 12.1 Å². The summed E-state index contributed by atoms with van der Waals surface area (Å²) in [6.45, 7) is 4.56. The number of hydrogen-bond donors (Lipinski definition) is 2. The van der Waals surface area contributed by atoms with E-state index in [0.29, 0.717) is 47.5 Å². The molecular formula is C17H23ClN2O4. The molecule has 0 heterocycles. The van der Waals surface area contributed by atoms with Gasteiger partial charge in [-0.1, -0.05) is 25.4 Å². The highest BCUT2D eigenvalue weighted by molar-refractivity contribution is 6.32. The number of amides is 2. The molecule has 0 bridgehead atoms. The second kappa shape index (κ2) is 7.30. The molecule has 0 spiro atoms. The number of methoxy groups -OCH3 is 2. The van der Waals surface area contributed by atoms with Crippen LogP contribution < -0.4 is 20.1 Å². The molecule has 0 atom stereocenters. The first-order valence-corrected chi connectivity index (χ1v) is 8.23. The zero-order valence-electron chi connectivity index (χ0n) is 14.4. The third-order valence-electron chi connectivity index (χ3n) is 4.01. The minimum Gasteiger partial charge on any atom is -0.495 e. The van der Waals surface area contributed by atoms with Gasteiger partial charge in [0.05, 0.1) is 24.9 Å². The van der Waals surface area contributed by atoms with Gasteiger partial charge in [0.2, 0.25) is 11.8 Å². The number of rotatable bonds is 7. The highest BCUT2D eigenvalue weighted by Gasteiger charge is 2.56. The van der Waals surface area contributed by atoms with Crippen LogP contribution in [0.1, 0.15) is 26.7 Å². The highest BCUT2D eigenvalue weighted by atomic mass is 35.5. The van der Waals surface area contributed by atoms with Gasteiger partial charge in [0.15, 0.2) is 0 Å². The fourth-order valence-electron chi connectivity index (χ4n) is 2.35. The summed E-state index contributed by atoms with van der Waals surface area (Å²) in [5.74, 6) is 0.586. The number of carbonyl (C=O) groups excluding carboxylic acids is 2. The molecule has 0 unspecified atom stereocenters. The van der Waals surface area contributed by atoms with E-state index in [1.165, 1.54) is 14.2 Å². The zero-order valence-corrected chi connectivity index (χ0v) is 15.1. The fourth-order valence-corrected chi connectivity index (χ4v) is 2.58. The molecule has 2 amide bonds. The summed E-state index contributed by atoms with van der Waals surface area (Å²) in [5, 5.41) is 5.98. The second-order valence-electron chi connectivity index (χ2n) is 6.33. The van der Waals surface area contributed by atoms with E-state index in [2.05, 4.69) is 10.6 Å². The zero-order chi connectivity index (χ0) is 17.9. The van der Waals surface area contributed by atoms with Gasteiger partial charge in [-0.3, -0.25) is 9.59 Å². The first-order chi connectivity index (χ1) is 11.3. The Morgan fingerprint density at radius 2 is 1.79 bits per heavy atom. The van der Waals surface area contributed by atoms with Gasteiger partial charge in [0.25, 0.3) is 0 Å². The van der Waals surface area contributed by atoms with Crippen LogP contribution in [-0.2, 0) is 9.59 Å². The Bertz CT molecular complexity index is 642. The quantitative estimate of drug-likeness (QED) is 0.738. The molecule has 0 saturated heterocycles. The van der Waals surface area contributed by atoms with Crippen molar-refractivity contribution in [3.8, 4) is 11.5 Å². The second-order valence-corrected chi connectivity index (χ2v) is 6.73. The maximum atomic E-state index is 12.6. The van der Waals surface area contributed by atoms with Crippen molar-refractivity contribution in [1.82, 2.24) is 5.32 Å². The molecule has 7 heteroatoms. The van der Waals surface area contributed by atoms with Gasteiger partial charge in [-0.05, 0) is 18.8 Å². The number of halogens is 1. The van der Waals surface area contributed by atoms with Crippen molar-refractivity contribution in [2.24, 2.45) is 11.3 Å². The Balaban J connectivity index is 2.16. The molecular weight excluding hydrogens is 332 g/mol. The van der Waals surface area contributed by atoms with Gasteiger partial charge in [0.1, 0.15) is 16.9 Å². The molecule has 0 aromatic heterocycles. The number of ether oxygens (including phenoxy) is 2. The number of carbonyl (C=O) groups is 2. The van der Waals surface area contributed by atoms with Crippen molar-refractivity contribution < 1.29 is 19.1 Å². The lowest BCUT2D eigenvalue weighted by Crippen LogP contribution is -2.41.